The lowest BCUT2D eigenvalue weighted by Gasteiger charge is -2.26. The molecule has 1 amide bonds. The zero-order valence-corrected chi connectivity index (χ0v) is 11.7. The van der Waals surface area contributed by atoms with E-state index in [1.807, 2.05) is 18.2 Å². The summed E-state index contributed by atoms with van der Waals surface area (Å²) in [6.07, 6.45) is 10.7. The molecule has 0 aliphatic heterocycles. The van der Waals surface area contributed by atoms with E-state index in [2.05, 4.69) is 11.5 Å². The van der Waals surface area contributed by atoms with Gasteiger partial charge in [-0.05, 0) is 30.9 Å². The molecule has 0 atom stereocenters. The van der Waals surface area contributed by atoms with Crippen molar-refractivity contribution in [2.75, 3.05) is 4.90 Å². The Labute approximate surface area is 116 Å². The minimum atomic E-state index is 0.0424. The van der Waals surface area contributed by atoms with Crippen molar-refractivity contribution in [1.29, 1.82) is 0 Å². The first kappa shape index (κ1) is 14.0. The minimum Gasteiger partial charge on any atom is -0.292 e. The SMILES string of the molecule is CC(=O)N([CH]C1CCCCCCC1)c1ccccn1. The van der Waals surface area contributed by atoms with Gasteiger partial charge in [0.05, 0.1) is 6.54 Å². The lowest BCUT2D eigenvalue weighted by atomic mass is 9.91. The van der Waals surface area contributed by atoms with Crippen molar-refractivity contribution in [3.63, 3.8) is 0 Å². The van der Waals surface area contributed by atoms with E-state index in [0.717, 1.165) is 5.82 Å². The van der Waals surface area contributed by atoms with Crippen molar-refractivity contribution in [3.05, 3.63) is 30.9 Å². The fourth-order valence-corrected chi connectivity index (χ4v) is 2.69. The zero-order chi connectivity index (χ0) is 13.5. The van der Waals surface area contributed by atoms with Gasteiger partial charge in [0.25, 0.3) is 0 Å². The predicted molar refractivity (Wildman–Crippen MR) is 77.5 cm³/mol. The van der Waals surface area contributed by atoms with Gasteiger partial charge in [0, 0.05) is 13.1 Å². The second kappa shape index (κ2) is 7.27. The maximum Gasteiger partial charge on any atom is 0.225 e. The summed E-state index contributed by atoms with van der Waals surface area (Å²) in [5, 5.41) is 0. The quantitative estimate of drug-likeness (QED) is 0.823. The Hall–Kier alpha value is -1.38. The number of hydrogen-bond acceptors (Lipinski definition) is 2. The number of anilines is 1. The molecule has 1 fully saturated rings. The maximum absolute atomic E-state index is 11.8. The van der Waals surface area contributed by atoms with Gasteiger partial charge in [-0.3, -0.25) is 9.69 Å². The number of nitrogens with zero attached hydrogens (tertiary/aromatic N) is 2. The van der Waals surface area contributed by atoms with Crippen LogP contribution in [0.25, 0.3) is 0 Å². The van der Waals surface area contributed by atoms with Crippen LogP contribution >= 0.6 is 0 Å². The van der Waals surface area contributed by atoms with Crippen molar-refractivity contribution in [2.45, 2.75) is 51.9 Å². The molecule has 0 bridgehead atoms. The molecule has 1 aliphatic rings. The summed E-state index contributed by atoms with van der Waals surface area (Å²) in [7, 11) is 0. The average molecular weight is 259 g/mol. The van der Waals surface area contributed by atoms with Gasteiger partial charge in [-0.2, -0.15) is 0 Å². The monoisotopic (exact) mass is 259 g/mol. The molecule has 1 radical (unpaired) electrons. The van der Waals surface area contributed by atoms with Crippen molar-refractivity contribution in [3.8, 4) is 0 Å². The molecule has 1 aromatic rings. The van der Waals surface area contributed by atoms with E-state index in [1.54, 1.807) is 18.0 Å². The van der Waals surface area contributed by atoms with Gasteiger partial charge in [0.1, 0.15) is 5.82 Å². The van der Waals surface area contributed by atoms with E-state index in [-0.39, 0.29) is 5.91 Å². The summed E-state index contributed by atoms with van der Waals surface area (Å²) in [5.74, 6) is 1.28. The molecule has 2 rings (SSSR count). The molecule has 1 aromatic heterocycles. The number of carbonyl (C=O) groups excluding carboxylic acids is 1. The number of rotatable bonds is 3. The van der Waals surface area contributed by atoms with Crippen LogP contribution in [0.1, 0.15) is 51.9 Å². The molecule has 0 N–H and O–H groups in total. The Morgan fingerprint density at radius 3 is 2.47 bits per heavy atom. The molecular formula is C16H23N2O. The van der Waals surface area contributed by atoms with Crippen molar-refractivity contribution >= 4 is 11.7 Å². The molecule has 19 heavy (non-hydrogen) atoms. The first-order chi connectivity index (χ1) is 9.27. The third kappa shape index (κ3) is 4.34. The van der Waals surface area contributed by atoms with Gasteiger partial charge in [-0.25, -0.2) is 4.98 Å². The molecule has 1 aliphatic carbocycles. The first-order valence-electron chi connectivity index (χ1n) is 7.33. The van der Waals surface area contributed by atoms with Crippen LogP contribution in [-0.4, -0.2) is 10.9 Å². The van der Waals surface area contributed by atoms with Gasteiger partial charge in [0.15, 0.2) is 0 Å². The predicted octanol–water partition coefficient (Wildman–Crippen LogP) is 3.96. The summed E-state index contributed by atoms with van der Waals surface area (Å²) in [5.41, 5.74) is 0. The molecule has 0 saturated heterocycles. The van der Waals surface area contributed by atoms with E-state index in [4.69, 9.17) is 0 Å². The maximum atomic E-state index is 11.8. The van der Waals surface area contributed by atoms with E-state index >= 15 is 0 Å². The molecule has 1 saturated carbocycles. The van der Waals surface area contributed by atoms with Crippen molar-refractivity contribution in [1.82, 2.24) is 4.98 Å². The highest BCUT2D eigenvalue weighted by Gasteiger charge is 2.20. The number of hydrogen-bond donors (Lipinski definition) is 0. The van der Waals surface area contributed by atoms with Gasteiger partial charge in [-0.15, -0.1) is 0 Å². The molecule has 0 aromatic carbocycles. The molecule has 0 spiro atoms. The van der Waals surface area contributed by atoms with Crippen LogP contribution in [0, 0.1) is 12.5 Å². The topological polar surface area (TPSA) is 33.2 Å². The molecule has 103 valence electrons. The summed E-state index contributed by atoms with van der Waals surface area (Å²) in [6.45, 7) is 3.70. The van der Waals surface area contributed by atoms with E-state index in [1.165, 1.54) is 44.9 Å². The lowest BCUT2D eigenvalue weighted by Crippen LogP contribution is -2.30. The molecule has 3 heteroatoms. The third-order valence-corrected chi connectivity index (χ3v) is 3.75. The minimum absolute atomic E-state index is 0.0424. The first-order valence-corrected chi connectivity index (χ1v) is 7.33. The fraction of sp³-hybridized carbons (Fsp3) is 0.562. The standard InChI is InChI=1S/C16H23N2O/c1-14(19)18(16-11-7-8-12-17-16)13-15-9-5-3-2-4-6-10-15/h7-8,11-13,15H,2-6,9-10H2,1H3. The van der Waals surface area contributed by atoms with Crippen LogP contribution in [0.2, 0.25) is 0 Å². The fourth-order valence-electron chi connectivity index (χ4n) is 2.69. The largest absolute Gasteiger partial charge is 0.292 e. The van der Waals surface area contributed by atoms with E-state index < -0.39 is 0 Å². The van der Waals surface area contributed by atoms with Gasteiger partial charge < -0.3 is 0 Å². The van der Waals surface area contributed by atoms with Gasteiger partial charge in [0.2, 0.25) is 5.91 Å². The van der Waals surface area contributed by atoms with Crippen LogP contribution in [-0.2, 0) is 4.79 Å². The lowest BCUT2D eigenvalue weighted by molar-refractivity contribution is -0.116. The molecule has 1 heterocycles. The van der Waals surface area contributed by atoms with Crippen LogP contribution < -0.4 is 4.90 Å². The molecule has 3 nitrogen and oxygen atoms in total. The Bertz CT molecular complexity index is 383. The number of carbonyl (C=O) groups is 1. The summed E-state index contributed by atoms with van der Waals surface area (Å²) >= 11 is 0. The highest BCUT2D eigenvalue weighted by molar-refractivity contribution is 5.91. The summed E-state index contributed by atoms with van der Waals surface area (Å²) < 4.78 is 0. The summed E-state index contributed by atoms with van der Waals surface area (Å²) in [6, 6.07) is 5.68. The third-order valence-electron chi connectivity index (χ3n) is 3.75. The Morgan fingerprint density at radius 2 is 1.89 bits per heavy atom. The Morgan fingerprint density at radius 1 is 1.21 bits per heavy atom. The van der Waals surface area contributed by atoms with Gasteiger partial charge >= 0.3 is 0 Å². The van der Waals surface area contributed by atoms with E-state index in [9.17, 15) is 4.79 Å². The number of aromatic nitrogens is 1. The van der Waals surface area contributed by atoms with E-state index in [0.29, 0.717) is 5.92 Å². The van der Waals surface area contributed by atoms with Crippen LogP contribution in [0.3, 0.4) is 0 Å². The van der Waals surface area contributed by atoms with Crippen LogP contribution in [0.4, 0.5) is 5.82 Å². The number of amides is 1. The second-order valence-electron chi connectivity index (χ2n) is 5.33. The van der Waals surface area contributed by atoms with Gasteiger partial charge in [-0.1, -0.05) is 38.2 Å². The van der Waals surface area contributed by atoms with Crippen LogP contribution in [0.15, 0.2) is 24.4 Å². The Balaban J connectivity index is 2.01. The molecule has 0 unspecified atom stereocenters. The van der Waals surface area contributed by atoms with Crippen molar-refractivity contribution < 1.29 is 4.79 Å². The van der Waals surface area contributed by atoms with Crippen molar-refractivity contribution in [2.24, 2.45) is 5.92 Å². The van der Waals surface area contributed by atoms with Crippen LogP contribution in [0.5, 0.6) is 0 Å². The highest BCUT2D eigenvalue weighted by Crippen LogP contribution is 2.27. The molecular weight excluding hydrogens is 236 g/mol. The normalized spacial score (nSPS) is 17.5. The summed E-state index contributed by atoms with van der Waals surface area (Å²) in [4.78, 5) is 17.8. The highest BCUT2D eigenvalue weighted by atomic mass is 16.2. The zero-order valence-electron chi connectivity index (χ0n) is 11.7. The smallest absolute Gasteiger partial charge is 0.225 e. The number of pyridine rings is 1. The second-order valence-corrected chi connectivity index (χ2v) is 5.33. The average Bonchev–Trinajstić information content (AvgIpc) is 2.38. The Kier molecular flexibility index (Phi) is 5.37.